The van der Waals surface area contributed by atoms with Crippen molar-refractivity contribution >= 4 is 51.9 Å². The van der Waals surface area contributed by atoms with Crippen LogP contribution in [0, 0.1) is 6.92 Å². The quantitative estimate of drug-likeness (QED) is 0.360. The number of methoxy groups -OCH3 is 1. The van der Waals surface area contributed by atoms with Crippen molar-refractivity contribution in [1.29, 1.82) is 0 Å². The zero-order valence-corrected chi connectivity index (χ0v) is 20.1. The van der Waals surface area contributed by atoms with Gasteiger partial charge in [0, 0.05) is 0 Å². The van der Waals surface area contributed by atoms with Crippen LogP contribution in [0.3, 0.4) is 0 Å². The van der Waals surface area contributed by atoms with Gasteiger partial charge in [-0.3, -0.25) is 9.69 Å². The number of thiocarbonyl (C=S) groups is 1. The van der Waals surface area contributed by atoms with E-state index in [1.165, 1.54) is 17.0 Å². The first kappa shape index (κ1) is 23.5. The van der Waals surface area contributed by atoms with Crippen LogP contribution in [-0.4, -0.2) is 23.3 Å². The molecule has 0 spiro atoms. The van der Waals surface area contributed by atoms with Crippen molar-refractivity contribution in [3.63, 3.8) is 0 Å². The molecule has 1 heterocycles. The highest BCUT2D eigenvalue weighted by atomic mass is 32.2. The van der Waals surface area contributed by atoms with E-state index in [2.05, 4.69) is 0 Å². The van der Waals surface area contributed by atoms with Gasteiger partial charge >= 0.3 is 0 Å². The summed E-state index contributed by atoms with van der Waals surface area (Å²) in [6, 6.07) is 19.4. The largest absolute Gasteiger partial charge is 0.545 e. The second kappa shape index (κ2) is 10.1. The summed E-state index contributed by atoms with van der Waals surface area (Å²) < 4.78 is 11.8. The van der Waals surface area contributed by atoms with E-state index in [1.807, 2.05) is 37.3 Å². The highest BCUT2D eigenvalue weighted by molar-refractivity contribution is 8.27. The van der Waals surface area contributed by atoms with E-state index in [4.69, 9.17) is 21.7 Å². The summed E-state index contributed by atoms with van der Waals surface area (Å²) in [6.07, 6.45) is 1.72. The first-order valence-electron chi connectivity index (χ1n) is 10.3. The highest BCUT2D eigenvalue weighted by Gasteiger charge is 2.33. The zero-order valence-electron chi connectivity index (χ0n) is 18.4. The van der Waals surface area contributed by atoms with Crippen molar-refractivity contribution in [1.82, 2.24) is 0 Å². The molecule has 3 aromatic carbocycles. The number of aromatic carboxylic acids is 1. The molecule has 0 aliphatic carbocycles. The first-order chi connectivity index (χ1) is 16.4. The number of thioether (sulfide) groups is 1. The SMILES string of the molecule is COc1cc(C=C2SC(=S)N(c3cccc(C(=O)[O-])c3)C2=O)ccc1OCc1ccccc1C. The molecule has 1 aliphatic heterocycles. The standard InChI is InChI=1S/C26H21NO5S2/c1-16-6-3-4-7-19(16)15-32-21-11-10-17(12-22(21)31-2)13-23-24(28)27(26(33)34-23)20-9-5-8-18(14-20)25(29)30/h3-14H,15H2,1-2H3,(H,29,30)/p-1. The second-order valence-electron chi connectivity index (χ2n) is 7.48. The molecule has 0 saturated carbocycles. The smallest absolute Gasteiger partial charge is 0.270 e. The van der Waals surface area contributed by atoms with Gasteiger partial charge in [0.25, 0.3) is 5.91 Å². The van der Waals surface area contributed by atoms with Crippen LogP contribution in [0.2, 0.25) is 0 Å². The molecule has 0 bridgehead atoms. The average Bonchev–Trinajstić information content (AvgIpc) is 3.11. The van der Waals surface area contributed by atoms with Gasteiger partial charge in [-0.05, 0) is 59.5 Å². The lowest BCUT2D eigenvalue weighted by Gasteiger charge is -2.16. The average molecular weight is 491 g/mol. The fraction of sp³-hybridized carbons (Fsp3) is 0.115. The van der Waals surface area contributed by atoms with Crippen molar-refractivity contribution < 1.29 is 24.2 Å². The van der Waals surface area contributed by atoms with E-state index < -0.39 is 5.97 Å². The predicted molar refractivity (Wildman–Crippen MR) is 135 cm³/mol. The summed E-state index contributed by atoms with van der Waals surface area (Å²) in [5.74, 6) is -0.516. The molecule has 34 heavy (non-hydrogen) atoms. The van der Waals surface area contributed by atoms with Gasteiger partial charge in [-0.15, -0.1) is 0 Å². The number of carboxylic acid groups (broad SMARTS) is 1. The molecule has 1 saturated heterocycles. The Bertz CT molecular complexity index is 1320. The minimum absolute atomic E-state index is 0.0263. The fourth-order valence-electron chi connectivity index (χ4n) is 3.43. The van der Waals surface area contributed by atoms with Gasteiger partial charge < -0.3 is 19.4 Å². The summed E-state index contributed by atoms with van der Waals surface area (Å²) >= 11 is 6.53. The van der Waals surface area contributed by atoms with Crippen molar-refractivity contribution in [2.45, 2.75) is 13.5 Å². The van der Waals surface area contributed by atoms with Gasteiger partial charge in [0.05, 0.1) is 23.7 Å². The molecule has 3 aromatic rings. The Kier molecular flexibility index (Phi) is 7.00. The van der Waals surface area contributed by atoms with Crippen LogP contribution in [0.5, 0.6) is 11.5 Å². The van der Waals surface area contributed by atoms with Crippen LogP contribution in [0.4, 0.5) is 5.69 Å². The van der Waals surface area contributed by atoms with Crippen LogP contribution < -0.4 is 19.5 Å². The molecule has 1 amide bonds. The normalized spacial score (nSPS) is 14.5. The van der Waals surface area contributed by atoms with E-state index in [1.54, 1.807) is 37.5 Å². The van der Waals surface area contributed by atoms with Crippen LogP contribution >= 0.6 is 24.0 Å². The van der Waals surface area contributed by atoms with Crippen LogP contribution in [-0.2, 0) is 11.4 Å². The second-order valence-corrected chi connectivity index (χ2v) is 9.16. The Balaban J connectivity index is 1.55. The molecule has 0 aromatic heterocycles. The van der Waals surface area contributed by atoms with Gasteiger partial charge in [-0.1, -0.05) is 66.4 Å². The number of anilines is 1. The number of rotatable bonds is 7. The van der Waals surface area contributed by atoms with E-state index in [0.29, 0.717) is 33.0 Å². The number of hydrogen-bond acceptors (Lipinski definition) is 7. The Morgan fingerprint density at radius 3 is 2.62 bits per heavy atom. The molecule has 6 nitrogen and oxygen atoms in total. The lowest BCUT2D eigenvalue weighted by Crippen LogP contribution is -2.28. The number of aryl methyl sites for hydroxylation is 1. The molecular weight excluding hydrogens is 470 g/mol. The summed E-state index contributed by atoms with van der Waals surface area (Å²) in [4.78, 5) is 26.0. The number of nitrogens with zero attached hydrogens (tertiary/aromatic N) is 1. The predicted octanol–water partition coefficient (Wildman–Crippen LogP) is 4.35. The van der Waals surface area contributed by atoms with Gasteiger partial charge in [0.2, 0.25) is 0 Å². The van der Waals surface area contributed by atoms with E-state index >= 15 is 0 Å². The molecule has 0 radical (unpaired) electrons. The Hall–Kier alpha value is -3.62. The number of carbonyl (C=O) groups excluding carboxylic acids is 2. The number of carboxylic acids is 1. The van der Waals surface area contributed by atoms with Crippen molar-refractivity contribution in [2.75, 3.05) is 12.0 Å². The maximum atomic E-state index is 13.0. The zero-order chi connectivity index (χ0) is 24.2. The summed E-state index contributed by atoms with van der Waals surface area (Å²) in [6.45, 7) is 2.44. The molecule has 0 atom stereocenters. The number of carbonyl (C=O) groups is 2. The number of ether oxygens (including phenoxy) is 2. The molecular formula is C26H20NO5S2-. The van der Waals surface area contributed by atoms with Gasteiger partial charge in [0.15, 0.2) is 15.8 Å². The van der Waals surface area contributed by atoms with Crippen molar-refractivity contribution in [3.05, 3.63) is 93.9 Å². The van der Waals surface area contributed by atoms with Crippen LogP contribution in [0.1, 0.15) is 27.0 Å². The van der Waals surface area contributed by atoms with E-state index in [-0.39, 0.29) is 11.5 Å². The lowest BCUT2D eigenvalue weighted by molar-refractivity contribution is -0.255. The lowest BCUT2D eigenvalue weighted by atomic mass is 10.1. The third-order valence-electron chi connectivity index (χ3n) is 5.26. The van der Waals surface area contributed by atoms with E-state index in [9.17, 15) is 14.7 Å². The number of benzene rings is 3. The van der Waals surface area contributed by atoms with Gasteiger partial charge in [0.1, 0.15) is 6.61 Å². The molecule has 4 rings (SSSR count). The minimum atomic E-state index is -1.32. The Labute approximate surface area is 206 Å². The summed E-state index contributed by atoms with van der Waals surface area (Å²) in [5.41, 5.74) is 3.32. The van der Waals surface area contributed by atoms with E-state index in [0.717, 1.165) is 28.5 Å². The molecule has 0 unspecified atom stereocenters. The van der Waals surface area contributed by atoms with Gasteiger partial charge in [-0.2, -0.15) is 0 Å². The Morgan fingerprint density at radius 1 is 1.09 bits per heavy atom. The summed E-state index contributed by atoms with van der Waals surface area (Å²) in [5, 5.41) is 11.2. The third kappa shape index (κ3) is 4.98. The number of hydrogen-bond donors (Lipinski definition) is 0. The Morgan fingerprint density at radius 2 is 1.88 bits per heavy atom. The molecule has 8 heteroatoms. The van der Waals surface area contributed by atoms with Crippen molar-refractivity contribution in [3.8, 4) is 11.5 Å². The third-order valence-corrected chi connectivity index (χ3v) is 6.57. The monoisotopic (exact) mass is 490 g/mol. The number of amides is 1. The highest BCUT2D eigenvalue weighted by Crippen LogP contribution is 2.37. The van der Waals surface area contributed by atoms with Crippen LogP contribution in [0.15, 0.2) is 71.6 Å². The molecule has 1 fully saturated rings. The molecule has 1 aliphatic rings. The molecule has 0 N–H and O–H groups in total. The van der Waals surface area contributed by atoms with Gasteiger partial charge in [-0.25, -0.2) is 0 Å². The topological polar surface area (TPSA) is 78.9 Å². The van der Waals surface area contributed by atoms with Crippen LogP contribution in [0.25, 0.3) is 6.08 Å². The summed E-state index contributed by atoms with van der Waals surface area (Å²) in [7, 11) is 1.56. The minimum Gasteiger partial charge on any atom is -0.545 e. The first-order valence-corrected chi connectivity index (χ1v) is 11.5. The van der Waals surface area contributed by atoms with Crippen molar-refractivity contribution in [2.24, 2.45) is 0 Å². The molecule has 172 valence electrons. The maximum absolute atomic E-state index is 13.0. The fourth-order valence-corrected chi connectivity index (χ4v) is 4.73. The maximum Gasteiger partial charge on any atom is 0.270 e.